The lowest BCUT2D eigenvalue weighted by molar-refractivity contribution is -0.122. The molecule has 116 valence electrons. The normalized spacial score (nSPS) is 25.0. The molecule has 1 aliphatic carbocycles. The highest BCUT2D eigenvalue weighted by molar-refractivity contribution is 5.93. The van der Waals surface area contributed by atoms with Crippen LogP contribution in [0.3, 0.4) is 0 Å². The standard InChI is InChI=1S/C15H19F2NO3/c16-15(17)4-5-18(14(19)12-3-6-20-9-12)7-13(15)10-21-8-11-1-2-11/h3,6,9,11,13H,1-2,4-5,7-8,10H2. The fraction of sp³-hybridized carbons (Fsp3) is 0.667. The van der Waals surface area contributed by atoms with Crippen LogP contribution >= 0.6 is 0 Å². The molecule has 1 saturated heterocycles. The van der Waals surface area contributed by atoms with Crippen molar-refractivity contribution in [3.63, 3.8) is 0 Å². The van der Waals surface area contributed by atoms with Crippen molar-refractivity contribution in [3.8, 4) is 0 Å². The highest BCUT2D eigenvalue weighted by Gasteiger charge is 2.45. The first-order chi connectivity index (χ1) is 10.1. The van der Waals surface area contributed by atoms with Crippen molar-refractivity contribution in [2.45, 2.75) is 25.2 Å². The molecule has 2 aliphatic rings. The quantitative estimate of drug-likeness (QED) is 0.839. The topological polar surface area (TPSA) is 42.7 Å². The van der Waals surface area contributed by atoms with Crippen molar-refractivity contribution < 1.29 is 22.7 Å². The Bertz CT molecular complexity index is 485. The van der Waals surface area contributed by atoms with Gasteiger partial charge in [0.1, 0.15) is 6.26 Å². The largest absolute Gasteiger partial charge is 0.472 e. The Morgan fingerprint density at radius 2 is 2.24 bits per heavy atom. The molecule has 1 atom stereocenters. The Kier molecular flexibility index (Phi) is 3.97. The van der Waals surface area contributed by atoms with Crippen molar-refractivity contribution in [3.05, 3.63) is 24.2 Å². The first-order valence-electron chi connectivity index (χ1n) is 7.33. The summed E-state index contributed by atoms with van der Waals surface area (Å²) < 4.78 is 38.2. The number of furan rings is 1. The van der Waals surface area contributed by atoms with E-state index in [-0.39, 0.29) is 32.0 Å². The molecule has 3 rings (SSSR count). The van der Waals surface area contributed by atoms with Gasteiger partial charge < -0.3 is 14.1 Å². The number of carbonyl (C=O) groups excluding carboxylic acids is 1. The molecular weight excluding hydrogens is 280 g/mol. The molecule has 0 bridgehead atoms. The first-order valence-corrected chi connectivity index (χ1v) is 7.33. The summed E-state index contributed by atoms with van der Waals surface area (Å²) in [6.07, 6.45) is 4.70. The van der Waals surface area contributed by atoms with Gasteiger partial charge in [0.15, 0.2) is 0 Å². The van der Waals surface area contributed by atoms with Crippen LogP contribution in [0.1, 0.15) is 29.6 Å². The fourth-order valence-electron chi connectivity index (χ4n) is 2.57. The summed E-state index contributed by atoms with van der Waals surface area (Å²) in [6, 6.07) is 1.55. The minimum Gasteiger partial charge on any atom is -0.472 e. The summed E-state index contributed by atoms with van der Waals surface area (Å²) in [6.45, 7) is 0.665. The number of hydrogen-bond donors (Lipinski definition) is 0. The first kappa shape index (κ1) is 14.5. The van der Waals surface area contributed by atoms with Crippen LogP contribution in [0.2, 0.25) is 0 Å². The lowest BCUT2D eigenvalue weighted by Crippen LogP contribution is -2.50. The molecule has 1 amide bonds. The van der Waals surface area contributed by atoms with Gasteiger partial charge in [-0.15, -0.1) is 0 Å². The van der Waals surface area contributed by atoms with Crippen LogP contribution in [0, 0.1) is 11.8 Å². The zero-order valence-electron chi connectivity index (χ0n) is 11.8. The number of amides is 1. The second-order valence-corrected chi connectivity index (χ2v) is 5.95. The van der Waals surface area contributed by atoms with Gasteiger partial charge in [-0.05, 0) is 24.8 Å². The van der Waals surface area contributed by atoms with E-state index < -0.39 is 11.8 Å². The van der Waals surface area contributed by atoms with Crippen LogP contribution in [0.15, 0.2) is 23.0 Å². The van der Waals surface area contributed by atoms with Gasteiger partial charge in [0.05, 0.1) is 24.4 Å². The second kappa shape index (κ2) is 5.75. The predicted molar refractivity (Wildman–Crippen MR) is 71.2 cm³/mol. The molecule has 2 heterocycles. The molecule has 0 aromatic carbocycles. The fourth-order valence-corrected chi connectivity index (χ4v) is 2.57. The van der Waals surface area contributed by atoms with Crippen LogP contribution in [0.25, 0.3) is 0 Å². The van der Waals surface area contributed by atoms with Crippen LogP contribution in [0.5, 0.6) is 0 Å². The Morgan fingerprint density at radius 1 is 1.43 bits per heavy atom. The van der Waals surface area contributed by atoms with Crippen molar-refractivity contribution in [1.29, 1.82) is 0 Å². The third kappa shape index (κ3) is 3.43. The maximum atomic E-state index is 14.0. The third-order valence-electron chi connectivity index (χ3n) is 4.18. The van der Waals surface area contributed by atoms with Gasteiger partial charge in [-0.2, -0.15) is 0 Å². The van der Waals surface area contributed by atoms with E-state index in [0.717, 1.165) is 12.8 Å². The number of piperidine rings is 1. The molecule has 1 aromatic rings. The minimum atomic E-state index is -2.77. The van der Waals surface area contributed by atoms with Crippen molar-refractivity contribution in [2.24, 2.45) is 11.8 Å². The average Bonchev–Trinajstić information content (AvgIpc) is 3.11. The van der Waals surface area contributed by atoms with Gasteiger partial charge in [-0.1, -0.05) is 0 Å². The van der Waals surface area contributed by atoms with Gasteiger partial charge in [-0.25, -0.2) is 8.78 Å². The number of halogens is 2. The number of ether oxygens (including phenoxy) is 1. The number of likely N-dealkylation sites (tertiary alicyclic amines) is 1. The number of nitrogens with zero attached hydrogens (tertiary/aromatic N) is 1. The van der Waals surface area contributed by atoms with Crippen LogP contribution in [-0.2, 0) is 4.74 Å². The highest BCUT2D eigenvalue weighted by Crippen LogP contribution is 2.35. The number of carbonyl (C=O) groups is 1. The van der Waals surface area contributed by atoms with E-state index >= 15 is 0 Å². The Hall–Kier alpha value is -1.43. The molecule has 6 heteroatoms. The van der Waals surface area contributed by atoms with Gasteiger partial charge in [0.25, 0.3) is 11.8 Å². The van der Waals surface area contributed by atoms with Gasteiger partial charge in [0, 0.05) is 26.1 Å². The van der Waals surface area contributed by atoms with E-state index in [1.165, 1.54) is 17.4 Å². The van der Waals surface area contributed by atoms with Crippen LogP contribution < -0.4 is 0 Å². The molecule has 0 N–H and O–H groups in total. The van der Waals surface area contributed by atoms with Crippen LogP contribution in [-0.4, -0.2) is 43.0 Å². The molecule has 1 unspecified atom stereocenters. The third-order valence-corrected chi connectivity index (χ3v) is 4.18. The lowest BCUT2D eigenvalue weighted by Gasteiger charge is -2.38. The van der Waals surface area contributed by atoms with Gasteiger partial charge >= 0.3 is 0 Å². The maximum Gasteiger partial charge on any atom is 0.257 e. The molecule has 4 nitrogen and oxygen atoms in total. The van der Waals surface area contributed by atoms with Gasteiger partial charge in [-0.3, -0.25) is 4.79 Å². The highest BCUT2D eigenvalue weighted by atomic mass is 19.3. The molecule has 1 aliphatic heterocycles. The van der Waals surface area contributed by atoms with E-state index in [4.69, 9.17) is 9.15 Å². The van der Waals surface area contributed by atoms with Crippen molar-refractivity contribution in [2.75, 3.05) is 26.3 Å². The maximum absolute atomic E-state index is 14.0. The summed E-state index contributed by atoms with van der Waals surface area (Å²) in [5.41, 5.74) is 0.401. The van der Waals surface area contributed by atoms with Crippen molar-refractivity contribution >= 4 is 5.91 Å². The van der Waals surface area contributed by atoms with E-state index in [0.29, 0.717) is 18.1 Å². The Labute approximate surface area is 122 Å². The molecule has 2 fully saturated rings. The summed E-state index contributed by atoms with van der Waals surface area (Å²) in [4.78, 5) is 13.7. The Morgan fingerprint density at radius 3 is 2.90 bits per heavy atom. The summed E-state index contributed by atoms with van der Waals surface area (Å²) in [5.74, 6) is -3.41. The lowest BCUT2D eigenvalue weighted by atomic mass is 9.94. The summed E-state index contributed by atoms with van der Waals surface area (Å²) >= 11 is 0. The molecule has 0 spiro atoms. The molecule has 1 aromatic heterocycles. The monoisotopic (exact) mass is 299 g/mol. The smallest absolute Gasteiger partial charge is 0.257 e. The van der Waals surface area contributed by atoms with Crippen LogP contribution in [0.4, 0.5) is 8.78 Å². The summed E-state index contributed by atoms with van der Waals surface area (Å²) in [5, 5.41) is 0. The molecule has 1 saturated carbocycles. The predicted octanol–water partition coefficient (Wildman–Crippen LogP) is 2.80. The molecule has 21 heavy (non-hydrogen) atoms. The van der Waals surface area contributed by atoms with Crippen molar-refractivity contribution in [1.82, 2.24) is 4.90 Å². The SMILES string of the molecule is O=C(c1ccoc1)N1CCC(F)(F)C(COCC2CC2)C1. The van der Waals surface area contributed by atoms with E-state index in [9.17, 15) is 13.6 Å². The average molecular weight is 299 g/mol. The Balaban J connectivity index is 1.58. The van der Waals surface area contributed by atoms with E-state index in [1.807, 2.05) is 0 Å². The number of hydrogen-bond acceptors (Lipinski definition) is 3. The number of alkyl halides is 2. The summed E-state index contributed by atoms with van der Waals surface area (Å²) in [7, 11) is 0. The van der Waals surface area contributed by atoms with E-state index in [1.54, 1.807) is 6.07 Å². The molecular formula is C15H19F2NO3. The van der Waals surface area contributed by atoms with Gasteiger partial charge in [0.2, 0.25) is 0 Å². The minimum absolute atomic E-state index is 0.0126. The zero-order chi connectivity index (χ0) is 14.9. The zero-order valence-corrected chi connectivity index (χ0v) is 11.8. The number of rotatable bonds is 5. The molecule has 0 radical (unpaired) electrons. The van der Waals surface area contributed by atoms with E-state index in [2.05, 4.69) is 0 Å². The second-order valence-electron chi connectivity index (χ2n) is 5.95.